The highest BCUT2D eigenvalue weighted by atomic mass is 16.3. The molecule has 2 nitrogen and oxygen atoms in total. The summed E-state index contributed by atoms with van der Waals surface area (Å²) >= 11 is 0. The molecule has 0 aliphatic heterocycles. The molecule has 96 valence electrons. The first-order valence-electron chi connectivity index (χ1n) is 6.51. The summed E-state index contributed by atoms with van der Waals surface area (Å²) in [4.78, 5) is 0. The minimum absolute atomic E-state index is 0.0514. The van der Waals surface area contributed by atoms with Gasteiger partial charge in [-0.1, -0.05) is 48.5 Å². The molecule has 2 heteroatoms. The first-order valence-corrected chi connectivity index (χ1v) is 6.51. The van der Waals surface area contributed by atoms with E-state index in [4.69, 9.17) is 0 Å². The second kappa shape index (κ2) is 3.87. The molecule has 0 heterocycles. The third-order valence-electron chi connectivity index (χ3n) is 3.86. The Hall–Kier alpha value is -2.74. The van der Waals surface area contributed by atoms with Crippen molar-refractivity contribution in [2.75, 3.05) is 0 Å². The maximum atomic E-state index is 10.3. The lowest BCUT2D eigenvalue weighted by Gasteiger charge is -2.11. The summed E-state index contributed by atoms with van der Waals surface area (Å²) in [6.07, 6.45) is 0. The van der Waals surface area contributed by atoms with Gasteiger partial charge in [-0.25, -0.2) is 0 Å². The van der Waals surface area contributed by atoms with Crippen LogP contribution in [0.3, 0.4) is 0 Å². The summed E-state index contributed by atoms with van der Waals surface area (Å²) < 4.78 is 0. The molecule has 0 aliphatic carbocycles. The first-order chi connectivity index (χ1) is 9.77. The summed E-state index contributed by atoms with van der Waals surface area (Å²) in [5.74, 6) is -0.137. The Bertz CT molecular complexity index is 936. The standard InChI is InChI=1S/C18H12O2/c19-16-10-9-15-13-7-2-1-5-11(13)12-6-3-4-8-14(12)17(15)18(16)20/h1-10,19-20H. The molecule has 0 radical (unpaired) electrons. The van der Waals surface area contributed by atoms with Gasteiger partial charge in [0.15, 0.2) is 11.5 Å². The maximum absolute atomic E-state index is 10.3. The van der Waals surface area contributed by atoms with Gasteiger partial charge in [0.25, 0.3) is 0 Å². The molecule has 0 aliphatic rings. The van der Waals surface area contributed by atoms with Crippen LogP contribution >= 0.6 is 0 Å². The van der Waals surface area contributed by atoms with Gasteiger partial charge in [-0.2, -0.15) is 0 Å². The molecule has 0 amide bonds. The highest BCUT2D eigenvalue weighted by Crippen LogP contribution is 2.42. The van der Waals surface area contributed by atoms with Crippen molar-refractivity contribution >= 4 is 32.3 Å². The lowest BCUT2D eigenvalue weighted by atomic mass is 9.94. The van der Waals surface area contributed by atoms with Crippen molar-refractivity contribution in [2.45, 2.75) is 0 Å². The lowest BCUT2D eigenvalue weighted by Crippen LogP contribution is -1.83. The fourth-order valence-electron chi connectivity index (χ4n) is 2.97. The molecule has 0 atom stereocenters. The predicted octanol–water partition coefficient (Wildman–Crippen LogP) is 4.56. The fraction of sp³-hybridized carbons (Fsp3) is 0. The maximum Gasteiger partial charge on any atom is 0.166 e. The quantitative estimate of drug-likeness (QED) is 0.359. The Kier molecular flexibility index (Phi) is 2.15. The number of fused-ring (bicyclic) bond motifs is 6. The average Bonchev–Trinajstić information content (AvgIpc) is 2.50. The van der Waals surface area contributed by atoms with Gasteiger partial charge < -0.3 is 10.2 Å². The van der Waals surface area contributed by atoms with Crippen LogP contribution in [0.1, 0.15) is 0 Å². The third-order valence-corrected chi connectivity index (χ3v) is 3.86. The van der Waals surface area contributed by atoms with E-state index in [2.05, 4.69) is 6.07 Å². The molecule has 0 saturated carbocycles. The van der Waals surface area contributed by atoms with Gasteiger partial charge in [-0.3, -0.25) is 0 Å². The van der Waals surface area contributed by atoms with Crippen LogP contribution < -0.4 is 0 Å². The molecular weight excluding hydrogens is 248 g/mol. The van der Waals surface area contributed by atoms with Gasteiger partial charge in [0.2, 0.25) is 0 Å². The first kappa shape index (κ1) is 11.1. The summed E-state index contributed by atoms with van der Waals surface area (Å²) in [7, 11) is 0. The molecular formula is C18H12O2. The van der Waals surface area contributed by atoms with E-state index in [9.17, 15) is 10.2 Å². The fourth-order valence-corrected chi connectivity index (χ4v) is 2.97. The molecule has 4 aromatic carbocycles. The normalized spacial score (nSPS) is 11.4. The number of rotatable bonds is 0. The molecule has 0 unspecified atom stereocenters. The summed E-state index contributed by atoms with van der Waals surface area (Å²) in [5, 5.41) is 26.0. The number of hydrogen-bond acceptors (Lipinski definition) is 2. The highest BCUT2D eigenvalue weighted by molar-refractivity contribution is 6.27. The van der Waals surface area contributed by atoms with Crippen LogP contribution in [0, 0.1) is 0 Å². The number of aromatic hydroxyl groups is 2. The number of phenols is 2. The van der Waals surface area contributed by atoms with Gasteiger partial charge >= 0.3 is 0 Å². The molecule has 4 aromatic rings. The van der Waals surface area contributed by atoms with Crippen LogP contribution in [-0.4, -0.2) is 10.2 Å². The predicted molar refractivity (Wildman–Crippen MR) is 82.3 cm³/mol. The Labute approximate surface area is 115 Å². The molecule has 0 saturated heterocycles. The molecule has 2 N–H and O–H groups in total. The molecule has 0 bridgehead atoms. The third kappa shape index (κ3) is 1.33. The average molecular weight is 260 g/mol. The highest BCUT2D eigenvalue weighted by Gasteiger charge is 2.13. The van der Waals surface area contributed by atoms with Gasteiger partial charge in [0.1, 0.15) is 0 Å². The minimum atomic E-state index is -0.0852. The van der Waals surface area contributed by atoms with Crippen molar-refractivity contribution in [1.29, 1.82) is 0 Å². The minimum Gasteiger partial charge on any atom is -0.504 e. The zero-order chi connectivity index (χ0) is 13.7. The number of hydrogen-bond donors (Lipinski definition) is 2. The van der Waals surface area contributed by atoms with Crippen LogP contribution in [0.5, 0.6) is 11.5 Å². The molecule has 0 aromatic heterocycles. The lowest BCUT2D eigenvalue weighted by molar-refractivity contribution is 0.408. The van der Waals surface area contributed by atoms with Crippen molar-refractivity contribution in [3.05, 3.63) is 60.7 Å². The zero-order valence-corrected chi connectivity index (χ0v) is 10.7. The van der Waals surface area contributed by atoms with E-state index < -0.39 is 0 Å². The Balaban J connectivity index is 2.46. The van der Waals surface area contributed by atoms with Crippen LogP contribution in [0.2, 0.25) is 0 Å². The van der Waals surface area contributed by atoms with Crippen LogP contribution in [0.4, 0.5) is 0 Å². The van der Waals surface area contributed by atoms with E-state index in [0.717, 1.165) is 26.9 Å². The Morgan fingerprint density at radius 2 is 0.950 bits per heavy atom. The monoisotopic (exact) mass is 260 g/mol. The van der Waals surface area contributed by atoms with Crippen molar-refractivity contribution in [3.8, 4) is 11.5 Å². The summed E-state index contributed by atoms with van der Waals surface area (Å²) in [6.45, 7) is 0. The number of benzene rings is 4. The van der Waals surface area contributed by atoms with E-state index in [1.165, 1.54) is 0 Å². The van der Waals surface area contributed by atoms with E-state index in [1.807, 2.05) is 48.5 Å². The van der Waals surface area contributed by atoms with Crippen molar-refractivity contribution in [2.24, 2.45) is 0 Å². The van der Waals surface area contributed by atoms with Gasteiger partial charge in [-0.05, 0) is 39.1 Å². The van der Waals surface area contributed by atoms with E-state index >= 15 is 0 Å². The molecule has 20 heavy (non-hydrogen) atoms. The van der Waals surface area contributed by atoms with Crippen molar-refractivity contribution in [3.63, 3.8) is 0 Å². The molecule has 0 fully saturated rings. The van der Waals surface area contributed by atoms with Gasteiger partial charge in [-0.15, -0.1) is 0 Å². The smallest absolute Gasteiger partial charge is 0.166 e. The topological polar surface area (TPSA) is 40.5 Å². The Morgan fingerprint density at radius 3 is 1.55 bits per heavy atom. The summed E-state index contributed by atoms with van der Waals surface area (Å²) in [6, 6.07) is 19.5. The van der Waals surface area contributed by atoms with Crippen LogP contribution in [0.25, 0.3) is 32.3 Å². The largest absolute Gasteiger partial charge is 0.504 e. The van der Waals surface area contributed by atoms with E-state index in [1.54, 1.807) is 6.07 Å². The van der Waals surface area contributed by atoms with Crippen molar-refractivity contribution in [1.82, 2.24) is 0 Å². The second-order valence-electron chi connectivity index (χ2n) is 4.95. The molecule has 4 rings (SSSR count). The Morgan fingerprint density at radius 1 is 0.500 bits per heavy atom. The van der Waals surface area contributed by atoms with Crippen molar-refractivity contribution < 1.29 is 10.2 Å². The zero-order valence-electron chi connectivity index (χ0n) is 10.7. The van der Waals surface area contributed by atoms with Crippen LogP contribution in [-0.2, 0) is 0 Å². The van der Waals surface area contributed by atoms with Gasteiger partial charge in [0.05, 0.1) is 0 Å². The SMILES string of the molecule is Oc1ccc2c3ccccc3c3ccccc3c2c1O. The molecule has 0 spiro atoms. The summed E-state index contributed by atoms with van der Waals surface area (Å²) in [5.41, 5.74) is 0. The number of phenolic OH excluding ortho intramolecular Hbond substituents is 2. The van der Waals surface area contributed by atoms with Gasteiger partial charge in [0, 0.05) is 5.39 Å². The van der Waals surface area contributed by atoms with E-state index in [-0.39, 0.29) is 11.5 Å². The second-order valence-corrected chi connectivity index (χ2v) is 4.95. The van der Waals surface area contributed by atoms with Crippen LogP contribution in [0.15, 0.2) is 60.7 Å². The van der Waals surface area contributed by atoms with E-state index in [0.29, 0.717) is 5.39 Å².